The van der Waals surface area contributed by atoms with Crippen molar-refractivity contribution < 1.29 is 0 Å². The van der Waals surface area contributed by atoms with E-state index in [0.29, 0.717) is 0 Å². The van der Waals surface area contributed by atoms with Gasteiger partial charge in [-0.2, -0.15) is 11.3 Å². The van der Waals surface area contributed by atoms with Gasteiger partial charge in [0.05, 0.1) is 11.0 Å². The predicted octanol–water partition coefficient (Wildman–Crippen LogP) is 4.81. The first-order chi connectivity index (χ1) is 10.4. The van der Waals surface area contributed by atoms with E-state index < -0.39 is 0 Å². The molecule has 4 rings (SSSR count). The zero-order valence-electron chi connectivity index (χ0n) is 11.4. The predicted molar refractivity (Wildman–Crippen MR) is 88.6 cm³/mol. The van der Waals surface area contributed by atoms with E-state index in [1.165, 1.54) is 16.6 Å². The van der Waals surface area contributed by atoms with Gasteiger partial charge in [0.15, 0.2) is 0 Å². The summed E-state index contributed by atoms with van der Waals surface area (Å²) in [6.45, 7) is 0.840. The van der Waals surface area contributed by atoms with Crippen LogP contribution in [0.2, 0.25) is 0 Å². The summed E-state index contributed by atoms with van der Waals surface area (Å²) in [7, 11) is 0. The summed E-state index contributed by atoms with van der Waals surface area (Å²) < 4.78 is 2.30. The van der Waals surface area contributed by atoms with Gasteiger partial charge in [-0.05, 0) is 29.1 Å². The molecule has 0 spiro atoms. The summed E-state index contributed by atoms with van der Waals surface area (Å²) in [4.78, 5) is 4.82. The third-order valence-corrected chi connectivity index (χ3v) is 4.30. The Morgan fingerprint density at radius 2 is 1.71 bits per heavy atom. The minimum absolute atomic E-state index is 0.840. The van der Waals surface area contributed by atoms with Crippen molar-refractivity contribution >= 4 is 22.4 Å². The second-order valence-electron chi connectivity index (χ2n) is 5.01. The van der Waals surface area contributed by atoms with Crippen LogP contribution in [0, 0.1) is 0 Å². The molecule has 0 N–H and O–H groups in total. The monoisotopic (exact) mass is 290 g/mol. The minimum Gasteiger partial charge on any atom is -0.319 e. The van der Waals surface area contributed by atoms with Gasteiger partial charge < -0.3 is 4.57 Å². The minimum atomic E-state index is 0.840. The summed E-state index contributed by atoms with van der Waals surface area (Å²) in [5, 5.41) is 4.25. The lowest BCUT2D eigenvalue weighted by Gasteiger charge is -2.08. The Morgan fingerprint density at radius 3 is 2.52 bits per heavy atom. The number of aromatic nitrogens is 2. The first kappa shape index (κ1) is 12.4. The zero-order chi connectivity index (χ0) is 14.1. The Hall–Kier alpha value is -2.39. The van der Waals surface area contributed by atoms with Crippen molar-refractivity contribution in [2.45, 2.75) is 6.54 Å². The first-order valence-electron chi connectivity index (χ1n) is 6.93. The molecule has 102 valence electrons. The quantitative estimate of drug-likeness (QED) is 0.529. The molecule has 0 unspecified atom stereocenters. The molecule has 2 aromatic carbocycles. The topological polar surface area (TPSA) is 17.8 Å². The fraction of sp³-hybridized carbons (Fsp3) is 0.0556. The summed E-state index contributed by atoms with van der Waals surface area (Å²) in [6, 6.07) is 21.0. The normalized spacial score (nSPS) is 11.0. The maximum absolute atomic E-state index is 4.82. The van der Waals surface area contributed by atoms with Crippen LogP contribution in [-0.2, 0) is 6.54 Å². The highest BCUT2D eigenvalue weighted by molar-refractivity contribution is 7.08. The van der Waals surface area contributed by atoms with Crippen molar-refractivity contribution in [3.05, 3.63) is 77.0 Å². The van der Waals surface area contributed by atoms with Crippen molar-refractivity contribution in [2.24, 2.45) is 0 Å². The molecule has 21 heavy (non-hydrogen) atoms. The SMILES string of the molecule is c1ccc(Cn2c(-c3ccsc3)nc3ccccc32)cc1. The Morgan fingerprint density at radius 1 is 0.905 bits per heavy atom. The zero-order valence-corrected chi connectivity index (χ0v) is 12.3. The van der Waals surface area contributed by atoms with E-state index in [2.05, 4.69) is 69.9 Å². The van der Waals surface area contributed by atoms with Crippen LogP contribution in [0.5, 0.6) is 0 Å². The lowest BCUT2D eigenvalue weighted by molar-refractivity contribution is 0.835. The number of benzene rings is 2. The number of hydrogen-bond donors (Lipinski definition) is 0. The highest BCUT2D eigenvalue weighted by Gasteiger charge is 2.12. The standard InChI is InChI=1S/C18H14N2S/c1-2-6-14(7-3-1)12-20-17-9-5-4-8-16(17)19-18(20)15-10-11-21-13-15/h1-11,13H,12H2. The van der Waals surface area contributed by atoms with Crippen LogP contribution in [0.25, 0.3) is 22.4 Å². The molecular formula is C18H14N2S. The lowest BCUT2D eigenvalue weighted by atomic mass is 10.2. The summed E-state index contributed by atoms with van der Waals surface area (Å²) in [5.41, 5.74) is 4.71. The highest BCUT2D eigenvalue weighted by Crippen LogP contribution is 2.27. The number of rotatable bonds is 3. The van der Waals surface area contributed by atoms with Gasteiger partial charge in [0, 0.05) is 17.5 Å². The molecule has 0 radical (unpaired) electrons. The Kier molecular flexibility index (Phi) is 3.05. The number of fused-ring (bicyclic) bond motifs is 1. The van der Waals surface area contributed by atoms with E-state index >= 15 is 0 Å². The van der Waals surface area contributed by atoms with Crippen molar-refractivity contribution in [1.82, 2.24) is 9.55 Å². The van der Waals surface area contributed by atoms with Crippen LogP contribution in [0.3, 0.4) is 0 Å². The smallest absolute Gasteiger partial charge is 0.142 e. The summed E-state index contributed by atoms with van der Waals surface area (Å²) >= 11 is 1.71. The van der Waals surface area contributed by atoms with Crippen LogP contribution < -0.4 is 0 Å². The maximum atomic E-state index is 4.82. The van der Waals surface area contributed by atoms with Crippen LogP contribution in [0.1, 0.15) is 5.56 Å². The van der Waals surface area contributed by atoms with Gasteiger partial charge in [-0.3, -0.25) is 0 Å². The van der Waals surface area contributed by atoms with E-state index in [1.54, 1.807) is 11.3 Å². The second kappa shape index (κ2) is 5.19. The molecule has 0 amide bonds. The number of thiophene rings is 1. The van der Waals surface area contributed by atoms with Gasteiger partial charge >= 0.3 is 0 Å². The highest BCUT2D eigenvalue weighted by atomic mass is 32.1. The van der Waals surface area contributed by atoms with Crippen molar-refractivity contribution in [1.29, 1.82) is 0 Å². The molecule has 2 heterocycles. The van der Waals surface area contributed by atoms with Crippen molar-refractivity contribution in [3.8, 4) is 11.4 Å². The molecule has 0 aliphatic heterocycles. The average Bonchev–Trinajstić information content (AvgIpc) is 3.16. The molecule has 2 aromatic heterocycles. The molecule has 0 aliphatic carbocycles. The molecule has 0 bridgehead atoms. The molecule has 2 nitrogen and oxygen atoms in total. The third-order valence-electron chi connectivity index (χ3n) is 3.62. The van der Waals surface area contributed by atoms with Gasteiger partial charge in [-0.15, -0.1) is 0 Å². The van der Waals surface area contributed by atoms with E-state index in [4.69, 9.17) is 4.98 Å². The van der Waals surface area contributed by atoms with Gasteiger partial charge in [0.25, 0.3) is 0 Å². The van der Waals surface area contributed by atoms with Gasteiger partial charge in [-0.25, -0.2) is 4.98 Å². The number of imidazole rings is 1. The van der Waals surface area contributed by atoms with Crippen LogP contribution in [0.15, 0.2) is 71.4 Å². The van der Waals surface area contributed by atoms with E-state index in [1.807, 2.05) is 6.07 Å². The Bertz CT molecular complexity index is 861. The van der Waals surface area contributed by atoms with E-state index in [0.717, 1.165) is 17.9 Å². The van der Waals surface area contributed by atoms with Crippen LogP contribution in [-0.4, -0.2) is 9.55 Å². The number of hydrogen-bond acceptors (Lipinski definition) is 2. The Balaban J connectivity index is 1.91. The fourth-order valence-electron chi connectivity index (χ4n) is 2.61. The second-order valence-corrected chi connectivity index (χ2v) is 5.79. The molecule has 0 saturated heterocycles. The van der Waals surface area contributed by atoms with Gasteiger partial charge in [0.1, 0.15) is 5.82 Å². The third kappa shape index (κ3) is 2.26. The van der Waals surface area contributed by atoms with Crippen LogP contribution >= 0.6 is 11.3 Å². The van der Waals surface area contributed by atoms with E-state index in [-0.39, 0.29) is 0 Å². The van der Waals surface area contributed by atoms with Gasteiger partial charge in [-0.1, -0.05) is 42.5 Å². The lowest BCUT2D eigenvalue weighted by Crippen LogP contribution is -2.01. The molecule has 0 atom stereocenters. The van der Waals surface area contributed by atoms with Gasteiger partial charge in [0.2, 0.25) is 0 Å². The molecule has 0 fully saturated rings. The van der Waals surface area contributed by atoms with Crippen molar-refractivity contribution in [3.63, 3.8) is 0 Å². The number of nitrogens with zero attached hydrogens (tertiary/aromatic N) is 2. The molecular weight excluding hydrogens is 276 g/mol. The first-order valence-corrected chi connectivity index (χ1v) is 7.88. The largest absolute Gasteiger partial charge is 0.319 e. The maximum Gasteiger partial charge on any atom is 0.142 e. The molecule has 0 aliphatic rings. The molecule has 3 heteroatoms. The van der Waals surface area contributed by atoms with E-state index in [9.17, 15) is 0 Å². The molecule has 0 saturated carbocycles. The molecule has 4 aromatic rings. The summed E-state index contributed by atoms with van der Waals surface area (Å²) in [5.74, 6) is 1.04. The van der Waals surface area contributed by atoms with Crippen LogP contribution in [0.4, 0.5) is 0 Å². The fourth-order valence-corrected chi connectivity index (χ4v) is 3.25. The average molecular weight is 290 g/mol. The Labute approximate surface area is 127 Å². The summed E-state index contributed by atoms with van der Waals surface area (Å²) in [6.07, 6.45) is 0. The van der Waals surface area contributed by atoms with Crippen molar-refractivity contribution in [2.75, 3.05) is 0 Å². The number of para-hydroxylation sites is 2.